The molecule has 1 aliphatic heterocycles. The number of benzene rings is 1. The highest BCUT2D eigenvalue weighted by atomic mass is 16.4. The first-order valence-electron chi connectivity index (χ1n) is 8.12. The van der Waals surface area contributed by atoms with Crippen LogP contribution in [0.1, 0.15) is 24.0 Å². The molecule has 3 N–H and O–H groups in total. The van der Waals surface area contributed by atoms with Gasteiger partial charge >= 0.3 is 5.97 Å². The lowest BCUT2D eigenvalue weighted by Crippen LogP contribution is -2.49. The number of carboxylic acids is 1. The van der Waals surface area contributed by atoms with Crippen LogP contribution < -0.4 is 10.6 Å². The molecule has 0 aliphatic carbocycles. The molecule has 1 aromatic carbocycles. The molecule has 2 heterocycles. The van der Waals surface area contributed by atoms with Gasteiger partial charge in [0.25, 0.3) is 0 Å². The Morgan fingerprint density at radius 1 is 1.38 bits per heavy atom. The zero-order chi connectivity index (χ0) is 17.2. The van der Waals surface area contributed by atoms with Gasteiger partial charge in [-0.15, -0.1) is 0 Å². The number of aromatic nitrogens is 2. The Bertz CT molecular complexity index is 749. The standard InChI is InChI=1S/C18H22N4O2/c1-13-5-2-3-6-14(13)11-18(16(23)24)8-4-10-22(12-18)17-20-9-7-15(19)21-17/h2-3,5-7,9H,4,8,10-12H2,1H3,(H,23,24)(H2,19,20,21)/t18-/m1/s1. The van der Waals surface area contributed by atoms with Gasteiger partial charge in [0.2, 0.25) is 5.95 Å². The largest absolute Gasteiger partial charge is 0.481 e. The molecule has 0 saturated carbocycles. The highest BCUT2D eigenvalue weighted by molar-refractivity contribution is 5.76. The molecule has 1 aromatic heterocycles. The summed E-state index contributed by atoms with van der Waals surface area (Å²) in [5.41, 5.74) is 7.11. The Morgan fingerprint density at radius 2 is 2.17 bits per heavy atom. The van der Waals surface area contributed by atoms with Gasteiger partial charge in [-0.05, 0) is 43.4 Å². The normalized spacial score (nSPS) is 20.8. The maximum absolute atomic E-state index is 12.1. The third kappa shape index (κ3) is 3.18. The number of aliphatic carboxylic acids is 1. The molecule has 126 valence electrons. The first kappa shape index (κ1) is 16.2. The molecule has 0 spiro atoms. The first-order chi connectivity index (χ1) is 11.5. The number of hydrogen-bond acceptors (Lipinski definition) is 5. The van der Waals surface area contributed by atoms with Gasteiger partial charge in [0.15, 0.2) is 0 Å². The SMILES string of the molecule is Cc1ccccc1C[C@]1(C(=O)O)CCCN(c2nccc(N)n2)C1. The van der Waals surface area contributed by atoms with Gasteiger partial charge in [-0.25, -0.2) is 4.98 Å². The summed E-state index contributed by atoms with van der Waals surface area (Å²) in [7, 11) is 0. The molecule has 0 radical (unpaired) electrons. The summed E-state index contributed by atoms with van der Waals surface area (Å²) in [6, 6.07) is 9.59. The topological polar surface area (TPSA) is 92.3 Å². The molecule has 1 saturated heterocycles. The van der Waals surface area contributed by atoms with Crippen LogP contribution in [0.15, 0.2) is 36.5 Å². The number of piperidine rings is 1. The lowest BCUT2D eigenvalue weighted by Gasteiger charge is -2.40. The average molecular weight is 326 g/mol. The number of nitrogens with two attached hydrogens (primary N) is 1. The van der Waals surface area contributed by atoms with Crippen LogP contribution in [-0.2, 0) is 11.2 Å². The molecule has 0 amide bonds. The van der Waals surface area contributed by atoms with Crippen molar-refractivity contribution in [2.24, 2.45) is 5.41 Å². The number of anilines is 2. The molecule has 1 atom stereocenters. The molecule has 24 heavy (non-hydrogen) atoms. The maximum atomic E-state index is 12.1. The zero-order valence-electron chi connectivity index (χ0n) is 13.8. The van der Waals surface area contributed by atoms with Gasteiger partial charge in [0, 0.05) is 19.3 Å². The Labute approximate surface area is 141 Å². The molecule has 1 fully saturated rings. The number of carbonyl (C=O) groups is 1. The van der Waals surface area contributed by atoms with E-state index in [0.29, 0.717) is 31.2 Å². The molecular weight excluding hydrogens is 304 g/mol. The molecule has 6 heteroatoms. The molecule has 2 aromatic rings. The summed E-state index contributed by atoms with van der Waals surface area (Å²) in [6.07, 6.45) is 3.55. The third-order valence-electron chi connectivity index (χ3n) is 4.77. The second-order valence-electron chi connectivity index (χ2n) is 6.50. The lowest BCUT2D eigenvalue weighted by molar-refractivity contribution is -0.149. The van der Waals surface area contributed by atoms with E-state index in [-0.39, 0.29) is 0 Å². The van der Waals surface area contributed by atoms with Crippen molar-refractivity contribution >= 4 is 17.7 Å². The summed E-state index contributed by atoms with van der Waals surface area (Å²) in [5, 5.41) is 9.97. The second kappa shape index (κ2) is 6.47. The number of aryl methyl sites for hydroxylation is 1. The summed E-state index contributed by atoms with van der Waals surface area (Å²) in [4.78, 5) is 22.6. The van der Waals surface area contributed by atoms with Gasteiger partial charge in [-0.2, -0.15) is 4.98 Å². The minimum Gasteiger partial charge on any atom is -0.481 e. The number of hydrogen-bond donors (Lipinski definition) is 2. The zero-order valence-corrected chi connectivity index (χ0v) is 13.8. The summed E-state index contributed by atoms with van der Waals surface area (Å²) in [5.74, 6) is 0.134. The van der Waals surface area contributed by atoms with E-state index in [9.17, 15) is 9.90 Å². The summed E-state index contributed by atoms with van der Waals surface area (Å²) in [6.45, 7) is 3.15. The highest BCUT2D eigenvalue weighted by Crippen LogP contribution is 2.36. The van der Waals surface area contributed by atoms with Gasteiger partial charge in [0.05, 0.1) is 5.41 Å². The van der Waals surface area contributed by atoms with Crippen LogP contribution in [0.5, 0.6) is 0 Å². The molecular formula is C18H22N4O2. The molecule has 0 unspecified atom stereocenters. The fourth-order valence-electron chi connectivity index (χ4n) is 3.38. The number of rotatable bonds is 4. The van der Waals surface area contributed by atoms with Crippen molar-refractivity contribution < 1.29 is 9.90 Å². The van der Waals surface area contributed by atoms with Crippen LogP contribution in [0.4, 0.5) is 11.8 Å². The van der Waals surface area contributed by atoms with Crippen molar-refractivity contribution in [2.45, 2.75) is 26.2 Å². The van der Waals surface area contributed by atoms with Crippen LogP contribution >= 0.6 is 0 Å². The van der Waals surface area contributed by atoms with Crippen molar-refractivity contribution in [2.75, 3.05) is 23.7 Å². The number of carboxylic acid groups (broad SMARTS) is 1. The average Bonchev–Trinajstić information content (AvgIpc) is 2.57. The smallest absolute Gasteiger partial charge is 0.311 e. The van der Waals surface area contributed by atoms with Crippen LogP contribution in [0.2, 0.25) is 0 Å². The maximum Gasteiger partial charge on any atom is 0.311 e. The second-order valence-corrected chi connectivity index (χ2v) is 6.50. The summed E-state index contributed by atoms with van der Waals surface area (Å²) < 4.78 is 0. The Morgan fingerprint density at radius 3 is 2.88 bits per heavy atom. The van der Waals surface area contributed by atoms with Crippen molar-refractivity contribution in [1.29, 1.82) is 0 Å². The quantitative estimate of drug-likeness (QED) is 0.895. The van der Waals surface area contributed by atoms with E-state index in [1.165, 1.54) is 0 Å². The van der Waals surface area contributed by atoms with E-state index < -0.39 is 11.4 Å². The number of nitrogens with zero attached hydrogens (tertiary/aromatic N) is 3. The van der Waals surface area contributed by atoms with Crippen LogP contribution in [0, 0.1) is 12.3 Å². The van der Waals surface area contributed by atoms with Crippen LogP contribution in [0.25, 0.3) is 0 Å². The number of nitrogen functional groups attached to an aromatic ring is 1. The third-order valence-corrected chi connectivity index (χ3v) is 4.77. The fraction of sp³-hybridized carbons (Fsp3) is 0.389. The highest BCUT2D eigenvalue weighted by Gasteiger charge is 2.43. The Kier molecular flexibility index (Phi) is 4.38. The fourth-order valence-corrected chi connectivity index (χ4v) is 3.38. The van der Waals surface area contributed by atoms with E-state index in [1.807, 2.05) is 36.1 Å². The van der Waals surface area contributed by atoms with Gasteiger partial charge in [0.1, 0.15) is 5.82 Å². The van der Waals surface area contributed by atoms with E-state index in [0.717, 1.165) is 24.1 Å². The molecule has 0 bridgehead atoms. The minimum absolute atomic E-state index is 0.389. The molecule has 6 nitrogen and oxygen atoms in total. The molecule has 3 rings (SSSR count). The van der Waals surface area contributed by atoms with Crippen molar-refractivity contribution in [3.05, 3.63) is 47.7 Å². The predicted molar refractivity (Wildman–Crippen MR) is 92.8 cm³/mol. The Hall–Kier alpha value is -2.63. The van der Waals surface area contributed by atoms with Gasteiger partial charge < -0.3 is 15.7 Å². The van der Waals surface area contributed by atoms with Crippen LogP contribution in [-0.4, -0.2) is 34.1 Å². The van der Waals surface area contributed by atoms with E-state index in [1.54, 1.807) is 12.3 Å². The minimum atomic E-state index is -0.835. The van der Waals surface area contributed by atoms with Crippen LogP contribution in [0.3, 0.4) is 0 Å². The van der Waals surface area contributed by atoms with Crippen molar-refractivity contribution in [1.82, 2.24) is 9.97 Å². The van der Waals surface area contributed by atoms with Gasteiger partial charge in [-0.3, -0.25) is 4.79 Å². The predicted octanol–water partition coefficient (Wildman–Crippen LogP) is 2.28. The van der Waals surface area contributed by atoms with E-state index >= 15 is 0 Å². The van der Waals surface area contributed by atoms with E-state index in [4.69, 9.17) is 5.73 Å². The monoisotopic (exact) mass is 326 g/mol. The van der Waals surface area contributed by atoms with Crippen molar-refractivity contribution in [3.8, 4) is 0 Å². The molecule has 1 aliphatic rings. The van der Waals surface area contributed by atoms with E-state index in [2.05, 4.69) is 9.97 Å². The Balaban J connectivity index is 1.90. The van der Waals surface area contributed by atoms with Gasteiger partial charge in [-0.1, -0.05) is 24.3 Å². The summed E-state index contributed by atoms with van der Waals surface area (Å²) >= 11 is 0. The van der Waals surface area contributed by atoms with Crippen molar-refractivity contribution in [3.63, 3.8) is 0 Å². The lowest BCUT2D eigenvalue weighted by atomic mass is 9.74. The first-order valence-corrected chi connectivity index (χ1v) is 8.12.